The number of hydrogen-bond acceptors (Lipinski definition) is 5. The Kier molecular flexibility index (Phi) is 7.64. The standard InChI is InChI=1S/C51H31N3OS/c1-3-10-32(11-4-1)33-18-20-34(21-19-33)39-27-29-46-43(31-39)48-41(15-9-17-47(48)56-46)51-53-49(36-12-5-2-6-13-36)52-50(54-51)37-24-22-35(23-25-37)38-26-28-45-42(30-38)40-14-7-8-16-44(40)55-45/h1-31H. The lowest BCUT2D eigenvalue weighted by Gasteiger charge is -2.10. The first-order valence-corrected chi connectivity index (χ1v) is 19.5. The van der Waals surface area contributed by atoms with Gasteiger partial charge in [-0.2, -0.15) is 0 Å². The first-order valence-electron chi connectivity index (χ1n) is 18.7. The smallest absolute Gasteiger partial charge is 0.164 e. The number of aromatic nitrogens is 3. The Morgan fingerprint density at radius 2 is 0.821 bits per heavy atom. The second-order valence-electron chi connectivity index (χ2n) is 14.0. The number of furan rings is 1. The molecule has 0 N–H and O–H groups in total. The van der Waals surface area contributed by atoms with E-state index < -0.39 is 0 Å². The monoisotopic (exact) mass is 733 g/mol. The van der Waals surface area contributed by atoms with Gasteiger partial charge in [-0.15, -0.1) is 11.3 Å². The van der Waals surface area contributed by atoms with Gasteiger partial charge in [0.05, 0.1) is 0 Å². The van der Waals surface area contributed by atoms with Gasteiger partial charge in [0.2, 0.25) is 0 Å². The molecule has 0 atom stereocenters. The van der Waals surface area contributed by atoms with Crippen molar-refractivity contribution in [3.63, 3.8) is 0 Å². The molecule has 0 aliphatic carbocycles. The molecule has 0 radical (unpaired) electrons. The van der Waals surface area contributed by atoms with Gasteiger partial charge in [0.15, 0.2) is 17.5 Å². The summed E-state index contributed by atoms with van der Waals surface area (Å²) in [7, 11) is 0. The summed E-state index contributed by atoms with van der Waals surface area (Å²) < 4.78 is 8.51. The van der Waals surface area contributed by atoms with Crippen LogP contribution in [-0.2, 0) is 0 Å². The number of para-hydroxylation sites is 1. The molecule has 0 amide bonds. The van der Waals surface area contributed by atoms with Crippen LogP contribution in [0, 0.1) is 0 Å². The van der Waals surface area contributed by atoms with Gasteiger partial charge in [0.25, 0.3) is 0 Å². The second-order valence-corrected chi connectivity index (χ2v) is 15.1. The zero-order chi connectivity index (χ0) is 37.0. The van der Waals surface area contributed by atoms with E-state index in [1.54, 1.807) is 11.3 Å². The minimum absolute atomic E-state index is 0.632. The average Bonchev–Trinajstić information content (AvgIpc) is 3.85. The van der Waals surface area contributed by atoms with Crippen LogP contribution >= 0.6 is 11.3 Å². The summed E-state index contributed by atoms with van der Waals surface area (Å²) in [6.07, 6.45) is 0. The SMILES string of the molecule is c1ccc(-c2ccc(-c3ccc4sc5cccc(-c6nc(-c7ccccc7)nc(-c7ccc(-c8ccc9oc%10ccccc%10c9c8)cc7)n6)c5c4c3)cc2)cc1. The van der Waals surface area contributed by atoms with Gasteiger partial charge in [0.1, 0.15) is 11.2 Å². The van der Waals surface area contributed by atoms with Crippen LogP contribution in [0.2, 0.25) is 0 Å². The van der Waals surface area contributed by atoms with E-state index >= 15 is 0 Å². The van der Waals surface area contributed by atoms with Crippen molar-refractivity contribution < 1.29 is 4.42 Å². The normalized spacial score (nSPS) is 11.6. The molecule has 0 spiro atoms. The Hall–Kier alpha value is -7.21. The van der Waals surface area contributed by atoms with Gasteiger partial charge < -0.3 is 4.42 Å². The molecule has 0 aliphatic rings. The fourth-order valence-corrected chi connectivity index (χ4v) is 8.85. The van der Waals surface area contributed by atoms with Crippen molar-refractivity contribution in [2.45, 2.75) is 0 Å². The van der Waals surface area contributed by atoms with Crippen LogP contribution in [0.3, 0.4) is 0 Å². The third kappa shape index (κ3) is 5.65. The molecule has 56 heavy (non-hydrogen) atoms. The molecule has 0 saturated carbocycles. The van der Waals surface area contributed by atoms with E-state index in [4.69, 9.17) is 19.4 Å². The third-order valence-corrected chi connectivity index (χ3v) is 11.7. The van der Waals surface area contributed by atoms with E-state index in [0.29, 0.717) is 17.5 Å². The lowest BCUT2D eigenvalue weighted by atomic mass is 9.98. The van der Waals surface area contributed by atoms with Crippen molar-refractivity contribution in [1.82, 2.24) is 15.0 Å². The fraction of sp³-hybridized carbons (Fsp3) is 0. The Balaban J connectivity index is 1.01. The highest BCUT2D eigenvalue weighted by Crippen LogP contribution is 2.42. The van der Waals surface area contributed by atoms with Crippen molar-refractivity contribution in [3.05, 3.63) is 188 Å². The zero-order valence-corrected chi connectivity index (χ0v) is 30.9. The van der Waals surface area contributed by atoms with Gasteiger partial charge in [-0.05, 0) is 69.8 Å². The Labute approximate surface area is 327 Å². The van der Waals surface area contributed by atoms with Crippen molar-refractivity contribution in [3.8, 4) is 67.5 Å². The predicted octanol–water partition coefficient (Wildman–Crippen LogP) is 14.1. The first kappa shape index (κ1) is 32.2. The topological polar surface area (TPSA) is 51.8 Å². The quantitative estimate of drug-likeness (QED) is 0.171. The minimum Gasteiger partial charge on any atom is -0.456 e. The van der Waals surface area contributed by atoms with Crippen molar-refractivity contribution in [2.24, 2.45) is 0 Å². The molecule has 0 bridgehead atoms. The summed E-state index contributed by atoms with van der Waals surface area (Å²) >= 11 is 1.80. The number of rotatable bonds is 6. The maximum atomic E-state index is 6.08. The van der Waals surface area contributed by atoms with Crippen molar-refractivity contribution >= 4 is 53.4 Å². The fourth-order valence-electron chi connectivity index (χ4n) is 7.74. The van der Waals surface area contributed by atoms with E-state index in [-0.39, 0.29) is 0 Å². The highest BCUT2D eigenvalue weighted by molar-refractivity contribution is 7.26. The van der Waals surface area contributed by atoms with Crippen LogP contribution in [0.15, 0.2) is 192 Å². The Bertz CT molecular complexity index is 3220. The summed E-state index contributed by atoms with van der Waals surface area (Å²) in [5, 5.41) is 4.58. The summed E-state index contributed by atoms with van der Waals surface area (Å²) in [6.45, 7) is 0. The maximum absolute atomic E-state index is 6.08. The number of nitrogens with zero attached hydrogens (tertiary/aromatic N) is 3. The van der Waals surface area contributed by atoms with Crippen LogP contribution in [0.4, 0.5) is 0 Å². The minimum atomic E-state index is 0.632. The molecule has 11 aromatic rings. The van der Waals surface area contributed by atoms with E-state index in [0.717, 1.165) is 55.1 Å². The van der Waals surface area contributed by atoms with Crippen molar-refractivity contribution in [1.29, 1.82) is 0 Å². The molecule has 5 heteroatoms. The molecular weight excluding hydrogens is 703 g/mol. The van der Waals surface area contributed by atoms with Crippen LogP contribution in [0.1, 0.15) is 0 Å². The number of benzene rings is 8. The Morgan fingerprint density at radius 3 is 1.54 bits per heavy atom. The third-order valence-electron chi connectivity index (χ3n) is 10.6. The summed E-state index contributed by atoms with van der Waals surface area (Å²) in [6, 6.07) is 65.8. The van der Waals surface area contributed by atoms with Crippen LogP contribution in [-0.4, -0.2) is 15.0 Å². The molecule has 0 unspecified atom stereocenters. The number of thiophene rings is 1. The second kappa shape index (κ2) is 13.3. The van der Waals surface area contributed by atoms with Gasteiger partial charge >= 0.3 is 0 Å². The van der Waals surface area contributed by atoms with Crippen LogP contribution < -0.4 is 0 Å². The summed E-state index contributed by atoms with van der Waals surface area (Å²) in [4.78, 5) is 15.4. The maximum Gasteiger partial charge on any atom is 0.164 e. The highest BCUT2D eigenvalue weighted by Gasteiger charge is 2.18. The number of fused-ring (bicyclic) bond motifs is 6. The Morgan fingerprint density at radius 1 is 0.321 bits per heavy atom. The largest absolute Gasteiger partial charge is 0.456 e. The highest BCUT2D eigenvalue weighted by atomic mass is 32.1. The molecule has 4 nitrogen and oxygen atoms in total. The van der Waals surface area contributed by atoms with Gasteiger partial charge in [-0.1, -0.05) is 152 Å². The predicted molar refractivity (Wildman–Crippen MR) is 233 cm³/mol. The van der Waals surface area contributed by atoms with E-state index in [2.05, 4.69) is 158 Å². The molecular formula is C51H31N3OS. The van der Waals surface area contributed by atoms with Gasteiger partial charge in [0, 0.05) is 47.6 Å². The zero-order valence-electron chi connectivity index (χ0n) is 30.1. The molecule has 11 rings (SSSR count). The average molecular weight is 734 g/mol. The summed E-state index contributed by atoms with van der Waals surface area (Å²) in [5.41, 5.74) is 11.7. The lowest BCUT2D eigenvalue weighted by Crippen LogP contribution is -2.00. The van der Waals surface area contributed by atoms with Gasteiger partial charge in [-0.3, -0.25) is 0 Å². The van der Waals surface area contributed by atoms with Crippen molar-refractivity contribution in [2.75, 3.05) is 0 Å². The van der Waals surface area contributed by atoms with E-state index in [9.17, 15) is 0 Å². The van der Waals surface area contributed by atoms with E-state index in [1.165, 1.54) is 37.0 Å². The summed E-state index contributed by atoms with van der Waals surface area (Å²) in [5.74, 6) is 1.92. The van der Waals surface area contributed by atoms with Crippen LogP contribution in [0.25, 0.3) is 110 Å². The lowest BCUT2D eigenvalue weighted by molar-refractivity contribution is 0.669. The van der Waals surface area contributed by atoms with E-state index in [1.807, 2.05) is 30.3 Å². The first-order chi connectivity index (χ1) is 27.7. The molecule has 0 fully saturated rings. The molecule has 8 aromatic carbocycles. The molecule has 262 valence electrons. The molecule has 3 heterocycles. The number of hydrogen-bond donors (Lipinski definition) is 0. The molecule has 0 aliphatic heterocycles. The van der Waals surface area contributed by atoms with Crippen LogP contribution in [0.5, 0.6) is 0 Å². The van der Waals surface area contributed by atoms with Gasteiger partial charge in [-0.25, -0.2) is 15.0 Å². The molecule has 0 saturated heterocycles. The molecule has 3 aromatic heterocycles.